The number of benzene rings is 4. The van der Waals surface area contributed by atoms with Crippen molar-refractivity contribution in [1.82, 2.24) is 0 Å². The number of halogens is 1. The van der Waals surface area contributed by atoms with Crippen LogP contribution in [-0.4, -0.2) is 35.7 Å². The molecule has 4 atom stereocenters. The molecule has 0 spiro atoms. The Labute approximate surface area is 240 Å². The first-order chi connectivity index (χ1) is 20.4. The van der Waals surface area contributed by atoms with Crippen LogP contribution in [0, 0.1) is 17.7 Å². The van der Waals surface area contributed by atoms with Crippen LogP contribution in [-0.2, 0) is 14.4 Å². The second kappa shape index (κ2) is 9.92. The summed E-state index contributed by atoms with van der Waals surface area (Å²) in [7, 11) is 0. The molecule has 2 fully saturated rings. The van der Waals surface area contributed by atoms with E-state index >= 15 is 0 Å². The molecule has 4 aromatic rings. The van der Waals surface area contributed by atoms with E-state index in [1.807, 2.05) is 42.5 Å². The first-order valence-electron chi connectivity index (χ1n) is 13.5. The molecule has 0 aliphatic carbocycles. The first-order valence-corrected chi connectivity index (χ1v) is 13.5. The molecule has 7 rings (SSSR count). The van der Waals surface area contributed by atoms with Gasteiger partial charge in [0.25, 0.3) is 0 Å². The van der Waals surface area contributed by atoms with Gasteiger partial charge in [0.1, 0.15) is 17.6 Å². The molecule has 2 amide bonds. The Kier molecular flexibility index (Phi) is 6.04. The van der Waals surface area contributed by atoms with E-state index < -0.39 is 47.5 Å². The molecule has 206 valence electrons. The molecule has 0 bridgehead atoms. The molecule has 8 heteroatoms. The molecule has 0 saturated carbocycles. The summed E-state index contributed by atoms with van der Waals surface area (Å²) < 4.78 is 19.9. The summed E-state index contributed by atoms with van der Waals surface area (Å²) in [5, 5.41) is 0. The molecule has 0 aromatic heterocycles. The van der Waals surface area contributed by atoms with Crippen LogP contribution < -0.4 is 14.5 Å². The highest BCUT2D eigenvalue weighted by Gasteiger charge is 2.65. The third-order valence-corrected chi connectivity index (χ3v) is 8.09. The summed E-state index contributed by atoms with van der Waals surface area (Å²) in [5.41, 5.74) is 2.64. The van der Waals surface area contributed by atoms with E-state index in [-0.39, 0.29) is 17.2 Å². The number of nitrogens with zero attached hydrogens (tertiary/aromatic N) is 2. The van der Waals surface area contributed by atoms with Gasteiger partial charge in [-0.1, -0.05) is 66.7 Å². The lowest BCUT2D eigenvalue weighted by Gasteiger charge is -2.36. The molecule has 2 saturated heterocycles. The lowest BCUT2D eigenvalue weighted by atomic mass is 9.89. The van der Waals surface area contributed by atoms with Gasteiger partial charge < -0.3 is 9.64 Å². The van der Waals surface area contributed by atoms with Crippen molar-refractivity contribution in [3.8, 4) is 5.75 Å². The number of ketones is 1. The summed E-state index contributed by atoms with van der Waals surface area (Å²) in [6, 6.07) is 26.1. The number of esters is 1. The van der Waals surface area contributed by atoms with Crippen molar-refractivity contribution < 1.29 is 28.3 Å². The number of anilines is 2. The maximum atomic E-state index is 14.1. The van der Waals surface area contributed by atoms with Gasteiger partial charge in [-0.15, -0.1) is 0 Å². The predicted octanol–water partition coefficient (Wildman–Crippen LogP) is 5.05. The molecule has 3 aliphatic heterocycles. The quantitative estimate of drug-likeness (QED) is 0.148. The molecule has 4 aromatic carbocycles. The predicted molar refractivity (Wildman–Crippen MR) is 153 cm³/mol. The average Bonchev–Trinajstić information content (AvgIpc) is 3.50. The third kappa shape index (κ3) is 4.03. The number of rotatable bonds is 5. The Balaban J connectivity index is 1.23. The minimum atomic E-state index is -1.12. The number of para-hydroxylation sites is 1. The number of imide groups is 1. The van der Waals surface area contributed by atoms with Gasteiger partial charge in [0.05, 0.1) is 23.6 Å². The molecule has 0 unspecified atom stereocenters. The largest absolute Gasteiger partial charge is 0.425 e. The SMILES string of the molecule is O=C(c1ccccc1)c1ccc(OC(=O)[C@H]2[C@H]3C(=O)N(c4cccc(F)c4)C(=O)[C@@H]3[C@H]3C=Cc4ccccc4N32)cc1. The molecule has 3 aliphatic rings. The summed E-state index contributed by atoms with van der Waals surface area (Å²) in [4.78, 5) is 57.1. The van der Waals surface area contributed by atoms with Crippen molar-refractivity contribution in [1.29, 1.82) is 0 Å². The number of fused-ring (bicyclic) bond motifs is 5. The fraction of sp³-hybridized carbons (Fsp3) is 0.118. The Hall–Kier alpha value is -5.37. The lowest BCUT2D eigenvalue weighted by Crippen LogP contribution is -2.50. The van der Waals surface area contributed by atoms with Crippen molar-refractivity contribution in [2.45, 2.75) is 12.1 Å². The van der Waals surface area contributed by atoms with Crippen molar-refractivity contribution in [2.75, 3.05) is 9.80 Å². The number of carbonyl (C=O) groups excluding carboxylic acids is 4. The van der Waals surface area contributed by atoms with Crippen LogP contribution >= 0.6 is 0 Å². The highest BCUT2D eigenvalue weighted by Crippen LogP contribution is 2.49. The van der Waals surface area contributed by atoms with Gasteiger partial charge in [-0.3, -0.25) is 14.4 Å². The number of ether oxygens (including phenoxy) is 1. The second-order valence-corrected chi connectivity index (χ2v) is 10.4. The van der Waals surface area contributed by atoms with Gasteiger partial charge in [0.15, 0.2) is 5.78 Å². The van der Waals surface area contributed by atoms with Gasteiger partial charge >= 0.3 is 5.97 Å². The van der Waals surface area contributed by atoms with Crippen LogP contribution in [0.4, 0.5) is 15.8 Å². The van der Waals surface area contributed by atoms with Crippen LogP contribution in [0.1, 0.15) is 21.5 Å². The maximum Gasteiger partial charge on any atom is 0.335 e. The fourth-order valence-corrected chi connectivity index (χ4v) is 6.26. The van der Waals surface area contributed by atoms with Crippen LogP contribution in [0.25, 0.3) is 6.08 Å². The minimum Gasteiger partial charge on any atom is -0.425 e. The molecular weight excluding hydrogens is 535 g/mol. The van der Waals surface area contributed by atoms with E-state index in [1.165, 1.54) is 30.3 Å². The molecule has 42 heavy (non-hydrogen) atoms. The van der Waals surface area contributed by atoms with E-state index in [0.717, 1.165) is 16.5 Å². The van der Waals surface area contributed by atoms with Crippen LogP contribution in [0.3, 0.4) is 0 Å². The van der Waals surface area contributed by atoms with E-state index in [1.54, 1.807) is 41.3 Å². The molecule has 7 nitrogen and oxygen atoms in total. The van der Waals surface area contributed by atoms with Crippen LogP contribution in [0.15, 0.2) is 109 Å². The normalized spacial score (nSPS) is 22.0. The Morgan fingerprint density at radius 2 is 1.43 bits per heavy atom. The number of hydrogen-bond donors (Lipinski definition) is 0. The van der Waals surface area contributed by atoms with Gasteiger partial charge in [0.2, 0.25) is 11.8 Å². The summed E-state index contributed by atoms with van der Waals surface area (Å²) in [6.45, 7) is 0. The summed E-state index contributed by atoms with van der Waals surface area (Å²) in [5.74, 6) is -4.24. The Morgan fingerprint density at radius 3 is 2.19 bits per heavy atom. The molecule has 3 heterocycles. The summed E-state index contributed by atoms with van der Waals surface area (Å²) in [6.07, 6.45) is 3.71. The van der Waals surface area contributed by atoms with E-state index in [9.17, 15) is 23.6 Å². The second-order valence-electron chi connectivity index (χ2n) is 10.4. The summed E-state index contributed by atoms with van der Waals surface area (Å²) >= 11 is 0. The zero-order chi connectivity index (χ0) is 29.0. The van der Waals surface area contributed by atoms with Crippen molar-refractivity contribution in [3.63, 3.8) is 0 Å². The topological polar surface area (TPSA) is 84.0 Å². The number of amides is 2. The number of hydrogen-bond acceptors (Lipinski definition) is 6. The molecular formula is C34H23FN2O5. The van der Waals surface area contributed by atoms with E-state index in [4.69, 9.17) is 4.74 Å². The minimum absolute atomic E-state index is 0.122. The van der Waals surface area contributed by atoms with Gasteiger partial charge in [-0.2, -0.15) is 0 Å². The Morgan fingerprint density at radius 1 is 0.738 bits per heavy atom. The standard InChI is InChI=1S/C34H23FN2O5/c35-23-10-6-11-24(19-23)36-32(39)28-27-18-15-20-7-4-5-12-26(20)37(27)30(29(28)33(36)40)34(41)42-25-16-13-22(14-17-25)31(38)21-8-2-1-3-9-21/h1-19,27-30H/t27-,28-,29+,30-/m1/s1. The average molecular weight is 559 g/mol. The van der Waals surface area contributed by atoms with Gasteiger partial charge in [-0.25, -0.2) is 14.1 Å². The van der Waals surface area contributed by atoms with Crippen molar-refractivity contribution in [3.05, 3.63) is 132 Å². The van der Waals surface area contributed by atoms with Gasteiger partial charge in [0, 0.05) is 16.8 Å². The van der Waals surface area contributed by atoms with Crippen molar-refractivity contribution in [2.24, 2.45) is 11.8 Å². The zero-order valence-corrected chi connectivity index (χ0v) is 22.1. The monoisotopic (exact) mass is 558 g/mol. The zero-order valence-electron chi connectivity index (χ0n) is 22.1. The fourth-order valence-electron chi connectivity index (χ4n) is 6.26. The van der Waals surface area contributed by atoms with Gasteiger partial charge in [-0.05, 0) is 54.1 Å². The lowest BCUT2D eigenvalue weighted by molar-refractivity contribution is -0.139. The van der Waals surface area contributed by atoms with Crippen molar-refractivity contribution >= 4 is 41.0 Å². The first kappa shape index (κ1) is 25.6. The van der Waals surface area contributed by atoms with Crippen LogP contribution in [0.2, 0.25) is 0 Å². The highest BCUT2D eigenvalue weighted by atomic mass is 19.1. The molecule has 0 radical (unpaired) electrons. The van der Waals surface area contributed by atoms with E-state index in [2.05, 4.69) is 0 Å². The third-order valence-electron chi connectivity index (χ3n) is 8.09. The van der Waals surface area contributed by atoms with E-state index in [0.29, 0.717) is 16.8 Å². The molecule has 0 N–H and O–H groups in total. The smallest absolute Gasteiger partial charge is 0.335 e. The number of carbonyl (C=O) groups is 4. The van der Waals surface area contributed by atoms with Crippen LogP contribution in [0.5, 0.6) is 5.75 Å². The highest BCUT2D eigenvalue weighted by molar-refractivity contribution is 6.24. The maximum absolute atomic E-state index is 14.1. The Bertz CT molecular complexity index is 1790.